The highest BCUT2D eigenvalue weighted by atomic mass is 19.1. The lowest BCUT2D eigenvalue weighted by atomic mass is 9.80. The maximum Gasteiger partial charge on any atom is 0.247 e. The van der Waals surface area contributed by atoms with Gasteiger partial charge in [-0.15, -0.1) is 0 Å². The molecule has 1 aromatic carbocycles. The number of hydrogen-bond donors (Lipinski definition) is 3. The summed E-state index contributed by atoms with van der Waals surface area (Å²) in [6.07, 6.45) is 4.44. The van der Waals surface area contributed by atoms with E-state index in [0.29, 0.717) is 24.0 Å². The van der Waals surface area contributed by atoms with E-state index in [1.807, 2.05) is 0 Å². The maximum absolute atomic E-state index is 14.2. The normalized spacial score (nSPS) is 27.8. The number of carbonyl (C=O) groups excluding carboxylic acids is 1. The Kier molecular flexibility index (Phi) is 5.70. The number of nitrogens with zero attached hydrogens (tertiary/aromatic N) is 3. The second kappa shape index (κ2) is 8.53. The van der Waals surface area contributed by atoms with E-state index in [0.717, 1.165) is 31.5 Å². The number of fused-ring (bicyclic) bond motifs is 1. The fourth-order valence-corrected chi connectivity index (χ4v) is 5.24. The number of amides is 1. The summed E-state index contributed by atoms with van der Waals surface area (Å²) in [5.41, 5.74) is 4.98. The monoisotopic (exact) mass is 454 g/mol. The van der Waals surface area contributed by atoms with Crippen LogP contribution in [0.4, 0.5) is 4.39 Å². The molecular formula is C24H31FN6O2. The fraction of sp³-hybridized carbons (Fsp3) is 0.542. The van der Waals surface area contributed by atoms with Crippen LogP contribution in [0.2, 0.25) is 0 Å². The Hall–Kier alpha value is -2.78. The van der Waals surface area contributed by atoms with Crippen molar-refractivity contribution in [3.05, 3.63) is 47.7 Å². The zero-order valence-electron chi connectivity index (χ0n) is 19.3. The third-order valence-corrected chi connectivity index (χ3v) is 6.63. The van der Waals surface area contributed by atoms with Crippen molar-refractivity contribution in [1.82, 2.24) is 31.2 Å². The summed E-state index contributed by atoms with van der Waals surface area (Å²) in [6.45, 7) is 8.25. The van der Waals surface area contributed by atoms with Crippen molar-refractivity contribution < 1.29 is 13.7 Å². The number of aromatic nitrogens is 2. The Morgan fingerprint density at radius 3 is 2.88 bits per heavy atom. The van der Waals surface area contributed by atoms with Gasteiger partial charge in [0.05, 0.1) is 11.5 Å². The molecule has 176 valence electrons. The number of carbonyl (C=O) groups is 1. The molecule has 5 rings (SSSR count). The van der Waals surface area contributed by atoms with Gasteiger partial charge in [0.15, 0.2) is 0 Å². The van der Waals surface area contributed by atoms with E-state index in [9.17, 15) is 9.18 Å². The number of rotatable bonds is 4. The van der Waals surface area contributed by atoms with Gasteiger partial charge >= 0.3 is 0 Å². The molecule has 1 amide bonds. The predicted molar refractivity (Wildman–Crippen MR) is 121 cm³/mol. The number of benzene rings is 1. The summed E-state index contributed by atoms with van der Waals surface area (Å²) in [6, 6.07) is 6.77. The first-order valence-electron chi connectivity index (χ1n) is 11.7. The van der Waals surface area contributed by atoms with E-state index in [-0.39, 0.29) is 35.1 Å². The molecule has 2 aromatic rings. The summed E-state index contributed by atoms with van der Waals surface area (Å²) < 4.78 is 19.7. The summed E-state index contributed by atoms with van der Waals surface area (Å²) in [4.78, 5) is 17.1. The Morgan fingerprint density at radius 1 is 1.27 bits per heavy atom. The number of halogens is 1. The zero-order chi connectivity index (χ0) is 23.2. The second-order valence-corrected chi connectivity index (χ2v) is 10.4. The third kappa shape index (κ3) is 4.52. The molecule has 2 unspecified atom stereocenters. The molecule has 0 spiro atoms. The molecule has 2 saturated heterocycles. The lowest BCUT2D eigenvalue weighted by Crippen LogP contribution is -2.54. The zero-order valence-corrected chi connectivity index (χ0v) is 19.3. The van der Waals surface area contributed by atoms with Gasteiger partial charge < -0.3 is 15.2 Å². The van der Waals surface area contributed by atoms with E-state index in [1.165, 1.54) is 6.07 Å². The summed E-state index contributed by atoms with van der Waals surface area (Å²) in [5.74, 6) is 0.129. The molecule has 3 aliphatic heterocycles. The number of hydrazine groups is 1. The summed E-state index contributed by atoms with van der Waals surface area (Å²) in [7, 11) is 0. The van der Waals surface area contributed by atoms with E-state index in [1.54, 1.807) is 24.3 Å². The first-order valence-corrected chi connectivity index (χ1v) is 11.7. The minimum atomic E-state index is -0.400. The Labute approximate surface area is 193 Å². The summed E-state index contributed by atoms with van der Waals surface area (Å²) >= 11 is 0. The minimum absolute atomic E-state index is 0.111. The van der Waals surface area contributed by atoms with Crippen LogP contribution >= 0.6 is 0 Å². The van der Waals surface area contributed by atoms with Crippen molar-refractivity contribution in [1.29, 1.82) is 0 Å². The van der Waals surface area contributed by atoms with Gasteiger partial charge in [0, 0.05) is 30.3 Å². The average molecular weight is 455 g/mol. The van der Waals surface area contributed by atoms with Crippen LogP contribution in [-0.4, -0.2) is 46.4 Å². The number of allylic oxidation sites excluding steroid dienone is 1. The van der Waals surface area contributed by atoms with Gasteiger partial charge in [-0.3, -0.25) is 9.80 Å². The first-order chi connectivity index (χ1) is 15.8. The van der Waals surface area contributed by atoms with Gasteiger partial charge in [-0.1, -0.05) is 38.1 Å². The number of piperidine rings is 1. The summed E-state index contributed by atoms with van der Waals surface area (Å²) in [5, 5.41) is 12.7. The highest BCUT2D eigenvalue weighted by molar-refractivity contribution is 5.89. The Bertz CT molecular complexity index is 1060. The lowest BCUT2D eigenvalue weighted by molar-refractivity contribution is -0.119. The van der Waals surface area contributed by atoms with Crippen LogP contribution in [0.3, 0.4) is 0 Å². The van der Waals surface area contributed by atoms with Crippen molar-refractivity contribution in [3.8, 4) is 11.4 Å². The van der Waals surface area contributed by atoms with Crippen LogP contribution in [0.15, 0.2) is 40.6 Å². The fourth-order valence-electron chi connectivity index (χ4n) is 5.24. The molecule has 0 aliphatic carbocycles. The van der Waals surface area contributed by atoms with Crippen LogP contribution in [0.25, 0.3) is 11.4 Å². The molecule has 0 radical (unpaired) electrons. The van der Waals surface area contributed by atoms with Crippen molar-refractivity contribution in [2.24, 2.45) is 11.3 Å². The second-order valence-electron chi connectivity index (χ2n) is 10.4. The number of hydrogen-bond acceptors (Lipinski definition) is 7. The van der Waals surface area contributed by atoms with E-state index < -0.39 is 5.82 Å². The highest BCUT2D eigenvalue weighted by Gasteiger charge is 2.45. The average Bonchev–Trinajstić information content (AvgIpc) is 3.39. The third-order valence-electron chi connectivity index (χ3n) is 6.63. The van der Waals surface area contributed by atoms with Gasteiger partial charge in [0.1, 0.15) is 12.0 Å². The quantitative estimate of drug-likeness (QED) is 0.654. The largest absolute Gasteiger partial charge is 0.338 e. The van der Waals surface area contributed by atoms with Crippen LogP contribution in [-0.2, 0) is 4.79 Å². The maximum atomic E-state index is 14.2. The van der Waals surface area contributed by atoms with Crippen LogP contribution in [0, 0.1) is 17.2 Å². The van der Waals surface area contributed by atoms with Gasteiger partial charge in [-0.25, -0.2) is 9.82 Å². The van der Waals surface area contributed by atoms with Gasteiger partial charge in [-0.05, 0) is 43.4 Å². The Balaban J connectivity index is 1.35. The Morgan fingerprint density at radius 2 is 2.09 bits per heavy atom. The topological polar surface area (TPSA) is 95.3 Å². The molecule has 0 bridgehead atoms. The molecule has 1 aromatic heterocycles. The molecule has 0 saturated carbocycles. The van der Waals surface area contributed by atoms with Crippen molar-refractivity contribution in [3.63, 3.8) is 0 Å². The molecule has 9 heteroatoms. The van der Waals surface area contributed by atoms with Crippen LogP contribution in [0.5, 0.6) is 0 Å². The highest BCUT2D eigenvalue weighted by Crippen LogP contribution is 2.37. The van der Waals surface area contributed by atoms with E-state index in [2.05, 4.69) is 52.0 Å². The number of nitrogens with one attached hydrogen (secondary N) is 3. The molecule has 33 heavy (non-hydrogen) atoms. The van der Waals surface area contributed by atoms with Crippen molar-refractivity contribution in [2.45, 2.75) is 58.2 Å². The van der Waals surface area contributed by atoms with Crippen molar-refractivity contribution in [2.75, 3.05) is 13.1 Å². The van der Waals surface area contributed by atoms with Gasteiger partial charge in [-0.2, -0.15) is 4.98 Å². The molecular weight excluding hydrogens is 423 g/mol. The SMILES string of the molecule is CC(C)(C)C[C@@H]1C[C@H](C2=CC(=O)NC3C(c4nc(-c5ccccc5F)no4)CNN23)CCN1. The molecule has 4 heterocycles. The van der Waals surface area contributed by atoms with E-state index >= 15 is 0 Å². The molecule has 3 N–H and O–H groups in total. The predicted octanol–water partition coefficient (Wildman–Crippen LogP) is 2.92. The smallest absolute Gasteiger partial charge is 0.247 e. The molecule has 8 nitrogen and oxygen atoms in total. The van der Waals surface area contributed by atoms with Gasteiger partial charge in [0.2, 0.25) is 17.6 Å². The lowest BCUT2D eigenvalue weighted by Gasteiger charge is -2.41. The van der Waals surface area contributed by atoms with E-state index in [4.69, 9.17) is 4.52 Å². The van der Waals surface area contributed by atoms with Crippen LogP contribution in [0.1, 0.15) is 51.8 Å². The molecule has 2 fully saturated rings. The van der Waals surface area contributed by atoms with Crippen molar-refractivity contribution >= 4 is 5.91 Å². The minimum Gasteiger partial charge on any atom is -0.338 e. The van der Waals surface area contributed by atoms with Crippen LogP contribution < -0.4 is 16.1 Å². The standard InChI is InChI=1S/C24H31FN6O2/c1-24(2,3)12-15-10-14(8-9-26-15)19-11-20(32)28-22-17(13-27-31(19)22)23-29-21(30-33-23)16-6-4-5-7-18(16)25/h4-7,11,14-15,17,22,26-27H,8-10,12-13H2,1-3H3,(H,28,32)/t14-,15+,17?,22?/m1/s1. The van der Waals surface area contributed by atoms with Gasteiger partial charge in [0.25, 0.3) is 0 Å². The molecule has 4 atom stereocenters. The first kappa shape index (κ1) is 22.0. The molecule has 3 aliphatic rings.